The van der Waals surface area contributed by atoms with Crippen LogP contribution in [0, 0.1) is 6.92 Å². The van der Waals surface area contributed by atoms with Crippen LogP contribution in [0.15, 0.2) is 24.3 Å². The quantitative estimate of drug-likeness (QED) is 0.727. The van der Waals surface area contributed by atoms with E-state index in [1.807, 2.05) is 25.1 Å². The maximum Gasteiger partial charge on any atom is 0.149 e. The summed E-state index contributed by atoms with van der Waals surface area (Å²) in [5.74, 6) is 1.66. The highest BCUT2D eigenvalue weighted by molar-refractivity contribution is 5.70. The maximum absolute atomic E-state index is 10.4. The second-order valence-electron chi connectivity index (χ2n) is 7.82. The van der Waals surface area contributed by atoms with E-state index in [0.717, 1.165) is 55.1 Å². The minimum Gasteiger partial charge on any atom is -0.507 e. The van der Waals surface area contributed by atoms with Crippen molar-refractivity contribution in [2.24, 2.45) is 0 Å². The third kappa shape index (κ3) is 4.22. The molecule has 2 aromatic rings. The van der Waals surface area contributed by atoms with E-state index in [1.54, 1.807) is 0 Å². The largest absolute Gasteiger partial charge is 0.507 e. The highest BCUT2D eigenvalue weighted by Crippen LogP contribution is 2.42. The zero-order chi connectivity index (χ0) is 18.8. The van der Waals surface area contributed by atoms with E-state index in [0.29, 0.717) is 12.0 Å². The van der Waals surface area contributed by atoms with Gasteiger partial charge in [0.05, 0.1) is 12.3 Å². The van der Waals surface area contributed by atoms with Crippen molar-refractivity contribution in [1.82, 2.24) is 15.1 Å². The number of aliphatic hydroxyl groups excluding tert-OH is 1. The number of phenolic OH excluding ortho intramolecular Hbond substituents is 1. The second kappa shape index (κ2) is 7.82. The first kappa shape index (κ1) is 18.2. The Balaban J connectivity index is 1.48. The summed E-state index contributed by atoms with van der Waals surface area (Å²) in [6, 6.07) is 8.24. The van der Waals surface area contributed by atoms with Crippen molar-refractivity contribution >= 4 is 5.82 Å². The summed E-state index contributed by atoms with van der Waals surface area (Å²) in [6.07, 6.45) is 4.64. The summed E-state index contributed by atoms with van der Waals surface area (Å²) in [4.78, 5) is 2.27. The average Bonchev–Trinajstić information content (AvgIpc) is 3.48. The zero-order valence-corrected chi connectivity index (χ0v) is 15.9. The molecule has 3 N–H and O–H groups in total. The number of aliphatic hydroxyl groups is 1. The number of aromatic hydroxyl groups is 1. The number of β-amino-alcohol motifs (C(OH)–C–C–N with tert-alkyl or cyclic N) is 1. The number of rotatable bonds is 6. The molecular formula is C21H28N4O2. The third-order valence-electron chi connectivity index (χ3n) is 5.58. The number of nitrogens with one attached hydrogen (secondary N) is 1. The van der Waals surface area contributed by atoms with E-state index in [-0.39, 0.29) is 12.4 Å². The molecule has 0 bridgehead atoms. The zero-order valence-electron chi connectivity index (χ0n) is 15.9. The van der Waals surface area contributed by atoms with Gasteiger partial charge in [0.15, 0.2) is 0 Å². The SMILES string of the molecule is Cc1cc(N[C@@H]2CCCN(CCO)C2)nnc1-c1ccc(C2CC2)cc1O. The molecule has 0 radical (unpaired) electrons. The van der Waals surface area contributed by atoms with Gasteiger partial charge in [-0.05, 0) is 74.4 Å². The Morgan fingerprint density at radius 3 is 2.74 bits per heavy atom. The van der Waals surface area contributed by atoms with E-state index in [1.165, 1.54) is 18.4 Å². The summed E-state index contributed by atoms with van der Waals surface area (Å²) < 4.78 is 0. The molecule has 1 aromatic carbocycles. The molecule has 2 aliphatic rings. The number of hydrogen-bond acceptors (Lipinski definition) is 6. The average molecular weight is 368 g/mol. The molecule has 0 unspecified atom stereocenters. The van der Waals surface area contributed by atoms with Gasteiger partial charge >= 0.3 is 0 Å². The fourth-order valence-electron chi connectivity index (χ4n) is 3.97. The number of nitrogens with zero attached hydrogens (tertiary/aromatic N) is 3. The van der Waals surface area contributed by atoms with Crippen molar-refractivity contribution in [2.75, 3.05) is 31.6 Å². The first-order chi connectivity index (χ1) is 13.1. The fourth-order valence-corrected chi connectivity index (χ4v) is 3.97. The summed E-state index contributed by atoms with van der Waals surface area (Å²) in [7, 11) is 0. The van der Waals surface area contributed by atoms with Crippen molar-refractivity contribution in [1.29, 1.82) is 0 Å². The Hall–Kier alpha value is -2.18. The van der Waals surface area contributed by atoms with Crippen LogP contribution in [-0.4, -0.2) is 57.6 Å². The van der Waals surface area contributed by atoms with Crippen LogP contribution in [0.2, 0.25) is 0 Å². The molecule has 2 fully saturated rings. The summed E-state index contributed by atoms with van der Waals surface area (Å²) in [6.45, 7) is 4.87. The normalized spacial score (nSPS) is 20.6. The molecular weight excluding hydrogens is 340 g/mol. The smallest absolute Gasteiger partial charge is 0.149 e. The lowest BCUT2D eigenvalue weighted by Crippen LogP contribution is -2.43. The third-order valence-corrected chi connectivity index (χ3v) is 5.58. The number of piperidine rings is 1. The molecule has 27 heavy (non-hydrogen) atoms. The Labute approximate surface area is 160 Å². The molecule has 1 atom stereocenters. The van der Waals surface area contributed by atoms with Gasteiger partial charge in [-0.25, -0.2) is 0 Å². The predicted octanol–water partition coefficient (Wildman–Crippen LogP) is 2.90. The van der Waals surface area contributed by atoms with Gasteiger partial charge in [0.2, 0.25) is 0 Å². The van der Waals surface area contributed by atoms with Crippen LogP contribution in [0.4, 0.5) is 5.82 Å². The Kier molecular flexibility index (Phi) is 5.27. The molecule has 1 aliphatic heterocycles. The monoisotopic (exact) mass is 368 g/mol. The molecule has 1 saturated heterocycles. The van der Waals surface area contributed by atoms with Crippen LogP contribution >= 0.6 is 0 Å². The first-order valence-electron chi connectivity index (χ1n) is 9.91. The van der Waals surface area contributed by atoms with Gasteiger partial charge < -0.3 is 15.5 Å². The Bertz CT molecular complexity index is 805. The number of phenols is 1. The van der Waals surface area contributed by atoms with Gasteiger partial charge in [-0.2, -0.15) is 0 Å². The first-order valence-corrected chi connectivity index (χ1v) is 9.91. The molecule has 144 valence electrons. The topological polar surface area (TPSA) is 81.5 Å². The van der Waals surface area contributed by atoms with Gasteiger partial charge in [-0.1, -0.05) is 6.07 Å². The molecule has 1 saturated carbocycles. The molecule has 6 nitrogen and oxygen atoms in total. The van der Waals surface area contributed by atoms with Gasteiger partial charge in [-0.3, -0.25) is 4.90 Å². The number of benzene rings is 1. The van der Waals surface area contributed by atoms with E-state index in [4.69, 9.17) is 5.11 Å². The van der Waals surface area contributed by atoms with E-state index < -0.39 is 0 Å². The van der Waals surface area contributed by atoms with E-state index in [2.05, 4.69) is 26.5 Å². The standard InChI is InChI=1S/C21H28N4O2/c1-14-11-20(22-17-3-2-8-25(13-17)9-10-26)23-24-21(14)18-7-6-16(12-19(18)27)15-4-5-15/h6-7,11-12,15,17,26-27H,2-5,8-10,13H2,1H3,(H,22,23)/t17-/m1/s1. The highest BCUT2D eigenvalue weighted by atomic mass is 16.3. The summed E-state index contributed by atoms with van der Waals surface area (Å²) in [5, 5.41) is 31.8. The number of aryl methyl sites for hydroxylation is 1. The van der Waals surface area contributed by atoms with Crippen LogP contribution < -0.4 is 5.32 Å². The van der Waals surface area contributed by atoms with E-state index >= 15 is 0 Å². The summed E-state index contributed by atoms with van der Waals surface area (Å²) in [5.41, 5.74) is 3.67. The highest BCUT2D eigenvalue weighted by Gasteiger charge is 2.25. The minimum absolute atomic E-state index is 0.198. The molecule has 2 heterocycles. The molecule has 6 heteroatoms. The molecule has 0 amide bonds. The van der Waals surface area contributed by atoms with Gasteiger partial charge in [-0.15, -0.1) is 10.2 Å². The van der Waals surface area contributed by atoms with Crippen molar-refractivity contribution in [3.63, 3.8) is 0 Å². The van der Waals surface area contributed by atoms with Crippen LogP contribution in [-0.2, 0) is 0 Å². The minimum atomic E-state index is 0.198. The lowest BCUT2D eigenvalue weighted by Gasteiger charge is -2.32. The van der Waals surface area contributed by atoms with Crippen molar-refractivity contribution in [3.05, 3.63) is 35.4 Å². The number of anilines is 1. The second-order valence-corrected chi connectivity index (χ2v) is 7.82. The van der Waals surface area contributed by atoms with Crippen LogP contribution in [0.5, 0.6) is 5.75 Å². The number of likely N-dealkylation sites (tertiary alicyclic amines) is 1. The van der Waals surface area contributed by atoms with Gasteiger partial charge in [0.1, 0.15) is 11.6 Å². The van der Waals surface area contributed by atoms with Crippen molar-refractivity contribution in [2.45, 2.75) is 44.6 Å². The van der Waals surface area contributed by atoms with Crippen LogP contribution in [0.25, 0.3) is 11.3 Å². The predicted molar refractivity (Wildman–Crippen MR) is 106 cm³/mol. The fraction of sp³-hybridized carbons (Fsp3) is 0.524. The van der Waals surface area contributed by atoms with Gasteiger partial charge in [0, 0.05) is 24.7 Å². The molecule has 1 aromatic heterocycles. The summed E-state index contributed by atoms with van der Waals surface area (Å²) >= 11 is 0. The molecule has 1 aliphatic carbocycles. The Morgan fingerprint density at radius 1 is 1.19 bits per heavy atom. The Morgan fingerprint density at radius 2 is 2.04 bits per heavy atom. The van der Waals surface area contributed by atoms with Gasteiger partial charge in [0.25, 0.3) is 0 Å². The lowest BCUT2D eigenvalue weighted by molar-refractivity contribution is 0.166. The molecule has 4 rings (SSSR count). The number of hydrogen-bond donors (Lipinski definition) is 3. The van der Waals surface area contributed by atoms with Crippen molar-refractivity contribution < 1.29 is 10.2 Å². The van der Waals surface area contributed by atoms with Crippen LogP contribution in [0.3, 0.4) is 0 Å². The lowest BCUT2D eigenvalue weighted by atomic mass is 10.0. The number of aromatic nitrogens is 2. The van der Waals surface area contributed by atoms with E-state index in [9.17, 15) is 5.11 Å². The van der Waals surface area contributed by atoms with Crippen molar-refractivity contribution in [3.8, 4) is 17.0 Å². The molecule has 0 spiro atoms. The van der Waals surface area contributed by atoms with Crippen LogP contribution in [0.1, 0.15) is 42.7 Å². The maximum atomic E-state index is 10.4.